The normalized spacial score (nSPS) is 10.9. The summed E-state index contributed by atoms with van der Waals surface area (Å²) in [6.45, 7) is 1.94. The summed E-state index contributed by atoms with van der Waals surface area (Å²) in [6.07, 6.45) is 0. The van der Waals surface area contributed by atoms with Crippen molar-refractivity contribution >= 4 is 21.7 Å². The number of hydrogen-bond donors (Lipinski definition) is 0. The van der Waals surface area contributed by atoms with Crippen LogP contribution in [-0.4, -0.2) is 17.1 Å². The SMILES string of the molecule is COc1ccc(-c2nc3ccc(C)nc3s2)cc1F. The van der Waals surface area contributed by atoms with Gasteiger partial charge in [0, 0.05) is 11.3 Å². The Kier molecular flexibility index (Phi) is 2.91. The highest BCUT2D eigenvalue weighted by Crippen LogP contribution is 2.31. The van der Waals surface area contributed by atoms with Crippen LogP contribution in [-0.2, 0) is 0 Å². The predicted octanol–water partition coefficient (Wildman–Crippen LogP) is 3.81. The standard InChI is InChI=1S/C14H11FN2OS/c1-8-3-5-11-14(16-8)19-13(17-11)9-4-6-12(18-2)10(15)7-9/h3-7H,1-2H3. The van der Waals surface area contributed by atoms with Gasteiger partial charge in [-0.2, -0.15) is 0 Å². The number of fused-ring (bicyclic) bond motifs is 1. The van der Waals surface area contributed by atoms with Gasteiger partial charge in [0.2, 0.25) is 0 Å². The molecule has 3 aromatic rings. The number of aryl methyl sites for hydroxylation is 1. The number of nitrogens with zero attached hydrogens (tertiary/aromatic N) is 2. The van der Waals surface area contributed by atoms with E-state index < -0.39 is 0 Å². The van der Waals surface area contributed by atoms with Crippen molar-refractivity contribution in [2.24, 2.45) is 0 Å². The molecule has 2 heterocycles. The second-order valence-electron chi connectivity index (χ2n) is 4.15. The van der Waals surface area contributed by atoms with Gasteiger partial charge in [0.15, 0.2) is 11.6 Å². The van der Waals surface area contributed by atoms with E-state index in [0.717, 1.165) is 26.6 Å². The average molecular weight is 274 g/mol. The monoisotopic (exact) mass is 274 g/mol. The molecule has 0 N–H and O–H groups in total. The summed E-state index contributed by atoms with van der Waals surface area (Å²) in [5.41, 5.74) is 2.52. The zero-order chi connectivity index (χ0) is 13.4. The molecule has 0 bridgehead atoms. The number of hydrogen-bond acceptors (Lipinski definition) is 4. The number of aromatic nitrogens is 2. The van der Waals surface area contributed by atoms with E-state index in [-0.39, 0.29) is 11.6 Å². The van der Waals surface area contributed by atoms with Crippen LogP contribution >= 0.6 is 11.3 Å². The number of thiazole rings is 1. The molecule has 0 fully saturated rings. The van der Waals surface area contributed by atoms with Gasteiger partial charge in [-0.25, -0.2) is 14.4 Å². The molecule has 3 rings (SSSR count). The van der Waals surface area contributed by atoms with Crippen LogP contribution in [0.5, 0.6) is 5.75 Å². The second kappa shape index (κ2) is 4.59. The van der Waals surface area contributed by atoms with Crippen LogP contribution in [0.4, 0.5) is 4.39 Å². The maximum Gasteiger partial charge on any atom is 0.165 e. The average Bonchev–Trinajstić information content (AvgIpc) is 2.81. The minimum Gasteiger partial charge on any atom is -0.494 e. The molecule has 19 heavy (non-hydrogen) atoms. The van der Waals surface area contributed by atoms with Gasteiger partial charge in [-0.15, -0.1) is 0 Å². The molecule has 0 unspecified atom stereocenters. The summed E-state index contributed by atoms with van der Waals surface area (Å²) in [7, 11) is 1.45. The van der Waals surface area contributed by atoms with Gasteiger partial charge in [-0.1, -0.05) is 11.3 Å². The quantitative estimate of drug-likeness (QED) is 0.712. The number of benzene rings is 1. The molecular weight excluding hydrogens is 263 g/mol. The van der Waals surface area contributed by atoms with E-state index in [1.54, 1.807) is 12.1 Å². The molecule has 5 heteroatoms. The summed E-state index contributed by atoms with van der Waals surface area (Å²) in [5.74, 6) is -0.151. The molecule has 96 valence electrons. The van der Waals surface area contributed by atoms with Crippen molar-refractivity contribution in [2.45, 2.75) is 6.92 Å². The summed E-state index contributed by atoms with van der Waals surface area (Å²) in [6, 6.07) is 8.68. The van der Waals surface area contributed by atoms with Crippen molar-refractivity contribution in [1.29, 1.82) is 0 Å². The summed E-state index contributed by atoms with van der Waals surface area (Å²) < 4.78 is 18.6. The molecule has 3 nitrogen and oxygen atoms in total. The summed E-state index contributed by atoms with van der Waals surface area (Å²) >= 11 is 1.46. The Bertz CT molecular complexity index is 754. The predicted molar refractivity (Wildman–Crippen MR) is 74.1 cm³/mol. The van der Waals surface area contributed by atoms with E-state index in [4.69, 9.17) is 4.74 Å². The second-order valence-corrected chi connectivity index (χ2v) is 5.12. The molecule has 0 saturated heterocycles. The van der Waals surface area contributed by atoms with Crippen molar-refractivity contribution in [1.82, 2.24) is 9.97 Å². The third kappa shape index (κ3) is 2.17. The van der Waals surface area contributed by atoms with Crippen LogP contribution in [0.1, 0.15) is 5.69 Å². The van der Waals surface area contributed by atoms with Gasteiger partial charge in [0.25, 0.3) is 0 Å². The Morgan fingerprint density at radius 2 is 2.00 bits per heavy atom. The van der Waals surface area contributed by atoms with Crippen molar-refractivity contribution in [3.8, 4) is 16.3 Å². The Morgan fingerprint density at radius 1 is 1.16 bits per heavy atom. The highest BCUT2D eigenvalue weighted by Gasteiger charge is 2.10. The van der Waals surface area contributed by atoms with Crippen LogP contribution in [0.25, 0.3) is 20.9 Å². The minimum absolute atomic E-state index is 0.235. The van der Waals surface area contributed by atoms with E-state index >= 15 is 0 Å². The molecule has 0 aliphatic heterocycles. The molecule has 0 radical (unpaired) electrons. The number of rotatable bonds is 2. The third-order valence-electron chi connectivity index (χ3n) is 2.79. The minimum atomic E-state index is -0.386. The first-order valence-corrected chi connectivity index (χ1v) is 6.57. The molecular formula is C14H11FN2OS. The maximum absolute atomic E-state index is 13.7. The van der Waals surface area contributed by atoms with E-state index in [9.17, 15) is 4.39 Å². The van der Waals surface area contributed by atoms with E-state index in [1.165, 1.54) is 24.5 Å². The van der Waals surface area contributed by atoms with Gasteiger partial charge in [-0.05, 0) is 37.3 Å². The zero-order valence-corrected chi connectivity index (χ0v) is 11.3. The van der Waals surface area contributed by atoms with Gasteiger partial charge in [0.05, 0.1) is 7.11 Å². The molecule has 0 spiro atoms. The van der Waals surface area contributed by atoms with Crippen LogP contribution in [0.15, 0.2) is 30.3 Å². The third-order valence-corrected chi connectivity index (χ3v) is 3.81. The van der Waals surface area contributed by atoms with Crippen LogP contribution in [0.2, 0.25) is 0 Å². The fraction of sp³-hybridized carbons (Fsp3) is 0.143. The lowest BCUT2D eigenvalue weighted by Gasteiger charge is -2.02. The molecule has 0 aliphatic carbocycles. The first kappa shape index (κ1) is 12.0. The van der Waals surface area contributed by atoms with E-state index in [0.29, 0.717) is 0 Å². The maximum atomic E-state index is 13.7. The van der Waals surface area contributed by atoms with Crippen LogP contribution in [0.3, 0.4) is 0 Å². The molecule has 0 atom stereocenters. The van der Waals surface area contributed by atoms with Crippen molar-refractivity contribution in [3.63, 3.8) is 0 Å². The Hall–Kier alpha value is -2.01. The molecule has 0 aliphatic rings. The largest absolute Gasteiger partial charge is 0.494 e. The van der Waals surface area contributed by atoms with Crippen molar-refractivity contribution in [3.05, 3.63) is 41.8 Å². The lowest BCUT2D eigenvalue weighted by Crippen LogP contribution is -1.88. The van der Waals surface area contributed by atoms with E-state index in [1.807, 2.05) is 19.1 Å². The summed E-state index contributed by atoms with van der Waals surface area (Å²) in [5, 5.41) is 0.759. The smallest absolute Gasteiger partial charge is 0.165 e. The topological polar surface area (TPSA) is 35.0 Å². The summed E-state index contributed by atoms with van der Waals surface area (Å²) in [4.78, 5) is 9.75. The van der Waals surface area contributed by atoms with Gasteiger partial charge in [0.1, 0.15) is 15.4 Å². The number of halogens is 1. The van der Waals surface area contributed by atoms with Crippen LogP contribution < -0.4 is 4.74 Å². The van der Waals surface area contributed by atoms with E-state index in [2.05, 4.69) is 9.97 Å². The number of methoxy groups -OCH3 is 1. The molecule has 0 amide bonds. The molecule has 1 aromatic carbocycles. The highest BCUT2D eigenvalue weighted by molar-refractivity contribution is 7.21. The fourth-order valence-electron chi connectivity index (χ4n) is 1.83. The lowest BCUT2D eigenvalue weighted by atomic mass is 10.2. The number of ether oxygens (including phenoxy) is 1. The molecule has 2 aromatic heterocycles. The van der Waals surface area contributed by atoms with Gasteiger partial charge in [-0.3, -0.25) is 0 Å². The van der Waals surface area contributed by atoms with Crippen molar-refractivity contribution < 1.29 is 9.13 Å². The first-order valence-electron chi connectivity index (χ1n) is 5.75. The number of pyridine rings is 1. The highest BCUT2D eigenvalue weighted by atomic mass is 32.1. The Morgan fingerprint density at radius 3 is 2.74 bits per heavy atom. The Balaban J connectivity index is 2.11. The fourth-order valence-corrected chi connectivity index (χ4v) is 2.81. The van der Waals surface area contributed by atoms with Gasteiger partial charge >= 0.3 is 0 Å². The lowest BCUT2D eigenvalue weighted by molar-refractivity contribution is 0.386. The molecule has 0 saturated carbocycles. The zero-order valence-electron chi connectivity index (χ0n) is 10.5. The van der Waals surface area contributed by atoms with Crippen molar-refractivity contribution in [2.75, 3.05) is 7.11 Å². The van der Waals surface area contributed by atoms with Crippen LogP contribution in [0, 0.1) is 12.7 Å². The van der Waals surface area contributed by atoms with Gasteiger partial charge < -0.3 is 4.74 Å². The first-order chi connectivity index (χ1) is 9.17. The Labute approximate surface area is 113 Å².